The smallest absolute Gasteiger partial charge is 0.155 e. The number of halogens is 1. The average Bonchev–Trinajstić information content (AvgIpc) is 2.90. The van der Waals surface area contributed by atoms with Gasteiger partial charge in [0.15, 0.2) is 5.78 Å². The number of hydrogen-bond acceptors (Lipinski definition) is 2. The molecule has 1 aliphatic carbocycles. The summed E-state index contributed by atoms with van der Waals surface area (Å²) < 4.78 is 15.5. The molecule has 3 nitrogen and oxygen atoms in total. The number of rotatable bonds is 4. The Hall–Kier alpha value is -2.49. The lowest BCUT2D eigenvalue weighted by atomic mass is 9.82. The van der Waals surface area contributed by atoms with Crippen LogP contribution in [0.3, 0.4) is 0 Å². The van der Waals surface area contributed by atoms with Gasteiger partial charge in [-0.2, -0.15) is 0 Å². The van der Waals surface area contributed by atoms with Gasteiger partial charge < -0.3 is 4.57 Å². The third-order valence-corrected chi connectivity index (χ3v) is 5.00. The lowest BCUT2D eigenvalue weighted by Crippen LogP contribution is -2.25. The number of benzene rings is 1. The molecule has 0 spiro atoms. The first-order valence-electron chi connectivity index (χ1n) is 8.36. The van der Waals surface area contributed by atoms with E-state index in [4.69, 9.17) is 0 Å². The molecule has 2 aromatic heterocycles. The number of fused-ring (bicyclic) bond motifs is 1. The van der Waals surface area contributed by atoms with Gasteiger partial charge in [-0.05, 0) is 55.2 Å². The van der Waals surface area contributed by atoms with Crippen molar-refractivity contribution in [3.63, 3.8) is 0 Å². The van der Waals surface area contributed by atoms with Crippen molar-refractivity contribution in [3.05, 3.63) is 54.1 Å². The number of pyridine rings is 1. The van der Waals surface area contributed by atoms with Gasteiger partial charge >= 0.3 is 0 Å². The minimum absolute atomic E-state index is 0.206. The first-order valence-corrected chi connectivity index (χ1v) is 8.36. The van der Waals surface area contributed by atoms with Crippen LogP contribution in [0.4, 0.5) is 4.39 Å². The van der Waals surface area contributed by atoms with Crippen molar-refractivity contribution >= 4 is 16.8 Å². The van der Waals surface area contributed by atoms with Gasteiger partial charge in [-0.3, -0.25) is 9.78 Å². The van der Waals surface area contributed by atoms with E-state index >= 15 is 0 Å². The Balaban J connectivity index is 1.69. The minimum atomic E-state index is -0.206. The molecule has 1 aliphatic rings. The normalized spacial score (nSPS) is 14.8. The van der Waals surface area contributed by atoms with E-state index in [1.54, 1.807) is 19.2 Å². The van der Waals surface area contributed by atoms with Gasteiger partial charge in [0.05, 0.1) is 17.6 Å². The summed E-state index contributed by atoms with van der Waals surface area (Å²) in [6, 6.07) is 9.03. The molecule has 1 aromatic carbocycles. The van der Waals surface area contributed by atoms with E-state index in [2.05, 4.69) is 4.98 Å². The van der Waals surface area contributed by atoms with Crippen molar-refractivity contribution in [1.82, 2.24) is 9.55 Å². The summed E-state index contributed by atoms with van der Waals surface area (Å²) in [6.07, 6.45) is 6.94. The van der Waals surface area contributed by atoms with Crippen LogP contribution in [0.25, 0.3) is 22.2 Å². The molecule has 0 saturated heterocycles. The Bertz CT molecular complexity index is 925. The largest absolute Gasteiger partial charge is 0.339 e. The number of ketones is 1. The monoisotopic (exact) mass is 322 g/mol. The van der Waals surface area contributed by atoms with Crippen molar-refractivity contribution in [2.24, 2.45) is 5.92 Å². The summed E-state index contributed by atoms with van der Waals surface area (Å²) in [5, 5.41) is 0. The van der Waals surface area contributed by atoms with Crippen LogP contribution < -0.4 is 0 Å². The molecule has 3 aromatic rings. The first-order chi connectivity index (χ1) is 11.6. The van der Waals surface area contributed by atoms with E-state index in [1.807, 2.05) is 29.0 Å². The van der Waals surface area contributed by atoms with Crippen molar-refractivity contribution in [1.29, 1.82) is 0 Å². The molecular formula is C20H19FN2O. The van der Waals surface area contributed by atoms with E-state index in [0.29, 0.717) is 17.9 Å². The maximum absolute atomic E-state index is 13.5. The van der Waals surface area contributed by atoms with Gasteiger partial charge in [0.1, 0.15) is 5.82 Å². The van der Waals surface area contributed by atoms with Crippen LogP contribution in [0, 0.1) is 18.7 Å². The Kier molecular flexibility index (Phi) is 3.68. The van der Waals surface area contributed by atoms with Crippen LogP contribution in [-0.2, 0) is 11.3 Å². The zero-order chi connectivity index (χ0) is 16.7. The molecule has 1 fully saturated rings. The third-order valence-electron chi connectivity index (χ3n) is 5.00. The average molecular weight is 322 g/mol. The van der Waals surface area contributed by atoms with Gasteiger partial charge in [0.25, 0.3) is 0 Å². The molecule has 24 heavy (non-hydrogen) atoms. The number of Topliss-reactive ketones (excluding diaryl/α,β-unsaturated/α-hetero) is 1. The molecule has 4 rings (SSSR count). The number of aromatic nitrogens is 2. The standard InChI is InChI=1S/C20H19FN2O/c1-13-9-15(5-6-17(13)21)16-10-19-18(22-11-16)7-8-23(19)12-20(24)14-3-2-4-14/h5-11,14H,2-4,12H2,1H3. The molecule has 0 radical (unpaired) electrons. The van der Waals surface area contributed by atoms with E-state index in [0.717, 1.165) is 35.0 Å². The third kappa shape index (κ3) is 2.62. The van der Waals surface area contributed by atoms with Crippen LogP contribution in [0.1, 0.15) is 24.8 Å². The van der Waals surface area contributed by atoms with Crippen LogP contribution in [0.15, 0.2) is 42.7 Å². The van der Waals surface area contributed by atoms with Crippen LogP contribution >= 0.6 is 0 Å². The van der Waals surface area contributed by atoms with Gasteiger partial charge in [0, 0.05) is 23.9 Å². The minimum Gasteiger partial charge on any atom is -0.339 e. The molecule has 2 heterocycles. The van der Waals surface area contributed by atoms with Gasteiger partial charge in [-0.1, -0.05) is 12.5 Å². The van der Waals surface area contributed by atoms with E-state index in [-0.39, 0.29) is 11.7 Å². The Morgan fingerprint density at radius 1 is 1.25 bits per heavy atom. The zero-order valence-corrected chi connectivity index (χ0v) is 13.6. The number of hydrogen-bond donors (Lipinski definition) is 0. The summed E-state index contributed by atoms with van der Waals surface area (Å²) in [4.78, 5) is 16.8. The van der Waals surface area contributed by atoms with E-state index in [1.165, 1.54) is 12.5 Å². The first kappa shape index (κ1) is 15.1. The quantitative estimate of drug-likeness (QED) is 0.708. The molecule has 0 aliphatic heterocycles. The Morgan fingerprint density at radius 3 is 2.79 bits per heavy atom. The summed E-state index contributed by atoms with van der Waals surface area (Å²) >= 11 is 0. The number of carbonyl (C=O) groups excluding carboxylic acids is 1. The van der Waals surface area contributed by atoms with Crippen molar-refractivity contribution in [2.45, 2.75) is 32.7 Å². The lowest BCUT2D eigenvalue weighted by Gasteiger charge is -2.24. The van der Waals surface area contributed by atoms with Gasteiger partial charge in [0.2, 0.25) is 0 Å². The number of carbonyl (C=O) groups is 1. The summed E-state index contributed by atoms with van der Waals surface area (Å²) in [7, 11) is 0. The second kappa shape index (κ2) is 5.86. The molecule has 122 valence electrons. The fraction of sp³-hybridized carbons (Fsp3) is 0.300. The highest BCUT2D eigenvalue weighted by Crippen LogP contribution is 2.29. The number of nitrogens with zero attached hydrogens (tertiary/aromatic N) is 2. The molecule has 0 amide bonds. The highest BCUT2D eigenvalue weighted by atomic mass is 19.1. The van der Waals surface area contributed by atoms with Crippen molar-refractivity contribution < 1.29 is 9.18 Å². The van der Waals surface area contributed by atoms with E-state index in [9.17, 15) is 9.18 Å². The van der Waals surface area contributed by atoms with Crippen molar-refractivity contribution in [2.75, 3.05) is 0 Å². The Morgan fingerprint density at radius 2 is 2.08 bits per heavy atom. The topological polar surface area (TPSA) is 34.9 Å². The molecule has 0 atom stereocenters. The van der Waals surface area contributed by atoms with Crippen LogP contribution in [-0.4, -0.2) is 15.3 Å². The maximum Gasteiger partial charge on any atom is 0.155 e. The molecular weight excluding hydrogens is 303 g/mol. The molecule has 0 N–H and O–H groups in total. The van der Waals surface area contributed by atoms with Gasteiger partial charge in [-0.15, -0.1) is 0 Å². The summed E-state index contributed by atoms with van der Waals surface area (Å²) in [5.41, 5.74) is 4.30. The predicted octanol–water partition coefficient (Wildman–Crippen LogP) is 4.52. The Labute approximate surface area is 140 Å². The molecule has 0 unspecified atom stereocenters. The lowest BCUT2D eigenvalue weighted by molar-refractivity contribution is -0.125. The highest BCUT2D eigenvalue weighted by molar-refractivity contribution is 5.86. The van der Waals surface area contributed by atoms with E-state index < -0.39 is 0 Å². The molecule has 0 bridgehead atoms. The summed E-state index contributed by atoms with van der Waals surface area (Å²) in [5.74, 6) is 0.336. The molecule has 1 saturated carbocycles. The summed E-state index contributed by atoms with van der Waals surface area (Å²) in [6.45, 7) is 2.16. The molecule has 4 heteroatoms. The second-order valence-corrected chi connectivity index (χ2v) is 6.63. The number of aryl methyl sites for hydroxylation is 1. The zero-order valence-electron chi connectivity index (χ0n) is 13.6. The maximum atomic E-state index is 13.5. The van der Waals surface area contributed by atoms with Crippen LogP contribution in [0.5, 0.6) is 0 Å². The van der Waals surface area contributed by atoms with Crippen molar-refractivity contribution in [3.8, 4) is 11.1 Å². The fourth-order valence-electron chi connectivity index (χ4n) is 3.21. The second-order valence-electron chi connectivity index (χ2n) is 6.63. The predicted molar refractivity (Wildman–Crippen MR) is 92.2 cm³/mol. The van der Waals surface area contributed by atoms with Crippen LogP contribution in [0.2, 0.25) is 0 Å². The highest BCUT2D eigenvalue weighted by Gasteiger charge is 2.25. The van der Waals surface area contributed by atoms with Gasteiger partial charge in [-0.25, -0.2) is 4.39 Å². The SMILES string of the molecule is Cc1cc(-c2cnc3ccn(CC(=O)C4CCC4)c3c2)ccc1F. The fourth-order valence-corrected chi connectivity index (χ4v) is 3.21.